The number of likely N-dealkylation sites (tertiary alicyclic amines) is 1. The molecule has 1 aliphatic rings. The van der Waals surface area contributed by atoms with Crippen LogP contribution in [-0.4, -0.2) is 25.0 Å². The molecular weight excluding hydrogens is 362 g/mol. The lowest BCUT2D eigenvalue weighted by molar-refractivity contribution is 0.277. The first-order valence-corrected chi connectivity index (χ1v) is 14.2. The van der Waals surface area contributed by atoms with Crippen LogP contribution in [0.25, 0.3) is 0 Å². The average Bonchev–Trinajstić information content (AvgIpc) is 2.78. The summed E-state index contributed by atoms with van der Waals surface area (Å²) in [7, 11) is 2.19. The molecule has 0 unspecified atom stereocenters. The normalized spacial score (nSPS) is 11.5. The molecule has 0 spiro atoms. The van der Waals surface area contributed by atoms with Gasteiger partial charge in [0.05, 0.1) is 0 Å². The number of nitrogens with zero attached hydrogens (tertiary/aromatic N) is 1. The maximum atomic E-state index is 2.39. The second-order valence-electron chi connectivity index (χ2n) is 7.78. The summed E-state index contributed by atoms with van der Waals surface area (Å²) in [5.41, 5.74) is 0. The van der Waals surface area contributed by atoms with Gasteiger partial charge in [0.25, 0.3) is 0 Å². The average molecular weight is 434 g/mol. The van der Waals surface area contributed by atoms with Crippen LogP contribution in [0.15, 0.2) is 0 Å². The molecule has 30 heavy (non-hydrogen) atoms. The first-order valence-electron chi connectivity index (χ1n) is 14.2. The van der Waals surface area contributed by atoms with Gasteiger partial charge in [-0.05, 0) is 33.0 Å². The van der Waals surface area contributed by atoms with Crippen molar-refractivity contribution in [2.45, 2.75) is 173 Å². The Balaban J connectivity index is -0.0000000579. The van der Waals surface area contributed by atoms with E-state index < -0.39 is 0 Å². The van der Waals surface area contributed by atoms with E-state index in [-0.39, 0.29) is 0 Å². The highest BCUT2D eigenvalue weighted by atomic mass is 15.1. The summed E-state index contributed by atoms with van der Waals surface area (Å²) in [5.74, 6) is 0. The lowest BCUT2D eigenvalue weighted by atomic mass is 10.1. The third-order valence-corrected chi connectivity index (χ3v) is 3.99. The Morgan fingerprint density at radius 1 is 0.433 bits per heavy atom. The van der Waals surface area contributed by atoms with E-state index in [2.05, 4.69) is 81.2 Å². The van der Waals surface area contributed by atoms with Gasteiger partial charge < -0.3 is 4.90 Å². The number of piperidine rings is 1. The van der Waals surface area contributed by atoms with E-state index in [9.17, 15) is 0 Å². The molecule has 0 atom stereocenters. The molecule has 0 bridgehead atoms. The molecule has 0 aromatic rings. The van der Waals surface area contributed by atoms with Crippen LogP contribution in [-0.2, 0) is 0 Å². The van der Waals surface area contributed by atoms with Crippen LogP contribution in [0.3, 0.4) is 0 Å². The molecule has 1 saturated heterocycles. The fourth-order valence-electron chi connectivity index (χ4n) is 1.76. The fraction of sp³-hybridized carbons (Fsp3) is 1.00. The Hall–Kier alpha value is -0.0400. The van der Waals surface area contributed by atoms with E-state index in [1.807, 2.05) is 13.8 Å². The monoisotopic (exact) mass is 434 g/mol. The van der Waals surface area contributed by atoms with Gasteiger partial charge in [-0.2, -0.15) is 0 Å². The van der Waals surface area contributed by atoms with Gasteiger partial charge in [-0.1, -0.05) is 160 Å². The van der Waals surface area contributed by atoms with Crippen LogP contribution in [0.5, 0.6) is 0 Å². The van der Waals surface area contributed by atoms with Gasteiger partial charge in [0, 0.05) is 0 Å². The molecule has 1 fully saturated rings. The minimum atomic E-state index is 1.25. The number of hydrogen-bond donors (Lipinski definition) is 0. The first kappa shape index (κ1) is 43.8. The molecule has 0 aromatic carbocycles. The van der Waals surface area contributed by atoms with Crippen LogP contribution in [0.4, 0.5) is 0 Å². The van der Waals surface area contributed by atoms with E-state index in [0.29, 0.717) is 0 Å². The Kier molecular flexibility index (Phi) is 91.9. The third kappa shape index (κ3) is 104. The number of unbranched alkanes of at least 4 members (excludes halogenated alkanes) is 6. The van der Waals surface area contributed by atoms with Crippen molar-refractivity contribution in [2.75, 3.05) is 20.1 Å². The van der Waals surface area contributed by atoms with Gasteiger partial charge in [0.1, 0.15) is 0 Å². The van der Waals surface area contributed by atoms with Crippen molar-refractivity contribution < 1.29 is 0 Å². The highest BCUT2D eigenvalue weighted by Gasteiger charge is 2.02. The van der Waals surface area contributed by atoms with Gasteiger partial charge in [-0.15, -0.1) is 0 Å². The maximum Gasteiger partial charge on any atom is -0.00218 e. The van der Waals surface area contributed by atoms with Crippen molar-refractivity contribution in [2.24, 2.45) is 0 Å². The van der Waals surface area contributed by atoms with Gasteiger partial charge in [-0.25, -0.2) is 0 Å². The zero-order chi connectivity index (χ0) is 24.9. The van der Waals surface area contributed by atoms with Crippen LogP contribution in [0.1, 0.15) is 173 Å². The molecular formula is C29H71N. The van der Waals surface area contributed by atoms with Gasteiger partial charge in [0.15, 0.2) is 0 Å². The molecule has 0 amide bonds. The van der Waals surface area contributed by atoms with Crippen molar-refractivity contribution in [3.63, 3.8) is 0 Å². The van der Waals surface area contributed by atoms with Crippen molar-refractivity contribution in [3.8, 4) is 0 Å². The quantitative estimate of drug-likeness (QED) is 0.402. The second kappa shape index (κ2) is 63.0. The second-order valence-corrected chi connectivity index (χ2v) is 7.78. The summed E-state index contributed by atoms with van der Waals surface area (Å²) in [6.45, 7) is 28.5. The highest BCUT2D eigenvalue weighted by Crippen LogP contribution is 2.04. The molecule has 1 heterocycles. The lowest BCUT2D eigenvalue weighted by Gasteiger charge is -2.20. The minimum Gasteiger partial charge on any atom is -0.306 e. The molecule has 0 N–H and O–H groups in total. The molecule has 192 valence electrons. The molecule has 1 heteroatoms. The van der Waals surface area contributed by atoms with E-state index in [0.717, 1.165) is 0 Å². The zero-order valence-corrected chi connectivity index (χ0v) is 24.8. The molecule has 0 aromatic heterocycles. The van der Waals surface area contributed by atoms with Gasteiger partial charge in [0.2, 0.25) is 0 Å². The van der Waals surface area contributed by atoms with Crippen LogP contribution in [0, 0.1) is 0 Å². The predicted octanol–water partition coefficient (Wildman–Crippen LogP) is 11.6. The number of hydrogen-bond acceptors (Lipinski definition) is 1. The molecule has 1 rings (SSSR count). The molecule has 0 aliphatic carbocycles. The minimum absolute atomic E-state index is 1.25. The molecule has 1 nitrogen and oxygen atoms in total. The predicted molar refractivity (Wildman–Crippen MR) is 150 cm³/mol. The van der Waals surface area contributed by atoms with E-state index in [1.54, 1.807) is 0 Å². The van der Waals surface area contributed by atoms with Crippen molar-refractivity contribution in [1.82, 2.24) is 4.90 Å². The summed E-state index contributed by atoms with van der Waals surface area (Å²) in [6.07, 6.45) is 19.0. The van der Waals surface area contributed by atoms with E-state index in [1.165, 1.54) is 103 Å². The Labute approximate surface area is 198 Å². The molecule has 0 saturated carbocycles. The standard InChI is InChI=1S/C6H13N.2C5H12.2C4H10.C3H8.C2H6/c1-7-5-3-2-4-6-7;2*1-3-5-4-2;2*1-3-4-2;1-3-2;1-2/h2-6H2,1H3;2*3-5H2,1-2H3;2*3-4H2,1-2H3;3H2,1-2H3;1-2H3. The Morgan fingerprint density at radius 3 is 0.733 bits per heavy atom. The van der Waals surface area contributed by atoms with E-state index >= 15 is 0 Å². The summed E-state index contributed by atoms with van der Waals surface area (Å²) in [5, 5.41) is 0. The van der Waals surface area contributed by atoms with Gasteiger partial charge in [-0.3, -0.25) is 0 Å². The smallest absolute Gasteiger partial charge is 0.00218 e. The summed E-state index contributed by atoms with van der Waals surface area (Å²) in [6, 6.07) is 0. The third-order valence-electron chi connectivity index (χ3n) is 3.99. The van der Waals surface area contributed by atoms with Crippen molar-refractivity contribution in [1.29, 1.82) is 0 Å². The highest BCUT2D eigenvalue weighted by molar-refractivity contribution is 4.58. The zero-order valence-electron chi connectivity index (χ0n) is 24.8. The van der Waals surface area contributed by atoms with Crippen LogP contribution < -0.4 is 0 Å². The summed E-state index contributed by atoms with van der Waals surface area (Å²) in [4.78, 5) is 2.39. The van der Waals surface area contributed by atoms with Crippen molar-refractivity contribution in [3.05, 3.63) is 0 Å². The largest absolute Gasteiger partial charge is 0.306 e. The van der Waals surface area contributed by atoms with E-state index in [4.69, 9.17) is 0 Å². The molecule has 0 radical (unpaired) electrons. The Morgan fingerprint density at radius 2 is 0.667 bits per heavy atom. The Bertz CT molecular complexity index is 144. The maximum absolute atomic E-state index is 2.39. The lowest BCUT2D eigenvalue weighted by Crippen LogP contribution is -2.24. The van der Waals surface area contributed by atoms with Gasteiger partial charge >= 0.3 is 0 Å². The first-order chi connectivity index (χ1) is 14.5. The molecule has 1 aliphatic heterocycles. The fourth-order valence-corrected chi connectivity index (χ4v) is 1.76. The van der Waals surface area contributed by atoms with Crippen molar-refractivity contribution >= 4 is 0 Å². The summed E-state index contributed by atoms with van der Waals surface area (Å²) >= 11 is 0. The van der Waals surface area contributed by atoms with Crippen LogP contribution in [0.2, 0.25) is 0 Å². The summed E-state index contributed by atoms with van der Waals surface area (Å²) < 4.78 is 0. The number of rotatable bonds is 6. The SMILES string of the molecule is CC.CCC.CCCC.CCCC.CCCCC.CCCCC.CN1CCCCC1. The van der Waals surface area contributed by atoms with Crippen LogP contribution >= 0.6 is 0 Å². The topological polar surface area (TPSA) is 3.24 Å².